The highest BCUT2D eigenvalue weighted by Crippen LogP contribution is 2.39. The van der Waals surface area contributed by atoms with Gasteiger partial charge in [0.05, 0.1) is 13.0 Å². The van der Waals surface area contributed by atoms with Crippen LogP contribution in [0.25, 0.3) is 0 Å². The van der Waals surface area contributed by atoms with Crippen molar-refractivity contribution in [3.63, 3.8) is 0 Å². The van der Waals surface area contributed by atoms with Crippen LogP contribution >= 0.6 is 0 Å². The predicted molar refractivity (Wildman–Crippen MR) is 63.5 cm³/mol. The summed E-state index contributed by atoms with van der Waals surface area (Å²) in [5.74, 6) is -1.52. The van der Waals surface area contributed by atoms with Crippen LogP contribution in [0.3, 0.4) is 0 Å². The zero-order valence-electron chi connectivity index (χ0n) is 10.9. The second-order valence-corrected chi connectivity index (χ2v) is 4.87. The first-order valence-corrected chi connectivity index (χ1v) is 6.20. The van der Waals surface area contributed by atoms with Crippen LogP contribution in [0.4, 0.5) is 0 Å². The molecule has 1 aliphatic rings. The Labute approximate surface area is 106 Å². The number of ether oxygens (including phenoxy) is 1. The highest BCUT2D eigenvalue weighted by molar-refractivity contribution is 5.87. The average molecular weight is 257 g/mol. The number of hydrogen-bond acceptors (Lipinski definition) is 5. The Morgan fingerprint density at radius 2 is 2.22 bits per heavy atom. The summed E-state index contributed by atoms with van der Waals surface area (Å²) in [4.78, 5) is 33.8. The maximum absolute atomic E-state index is 11.8. The van der Waals surface area contributed by atoms with Gasteiger partial charge in [0.1, 0.15) is 5.78 Å². The first kappa shape index (κ1) is 14.6. The van der Waals surface area contributed by atoms with Crippen molar-refractivity contribution >= 4 is 11.8 Å². The number of ketones is 1. The molecule has 0 aromatic rings. The van der Waals surface area contributed by atoms with Gasteiger partial charge in [-0.2, -0.15) is 0 Å². The molecule has 1 aliphatic carbocycles. The summed E-state index contributed by atoms with van der Waals surface area (Å²) < 4.78 is 4.81. The van der Waals surface area contributed by atoms with E-state index in [4.69, 9.17) is 4.74 Å². The molecule has 0 spiro atoms. The summed E-state index contributed by atoms with van der Waals surface area (Å²) >= 11 is 0. The number of rotatable bonds is 5. The maximum atomic E-state index is 11.8. The molecular formula is C12H19NO5. The van der Waals surface area contributed by atoms with Gasteiger partial charge in [-0.3, -0.25) is 19.7 Å². The van der Waals surface area contributed by atoms with Crippen LogP contribution in [0.1, 0.15) is 33.6 Å². The number of nitrogens with zero attached hydrogens (tertiary/aromatic N) is 1. The molecular weight excluding hydrogens is 238 g/mol. The second-order valence-electron chi connectivity index (χ2n) is 4.87. The van der Waals surface area contributed by atoms with Crippen LogP contribution in [-0.4, -0.2) is 29.3 Å². The van der Waals surface area contributed by atoms with E-state index in [0.717, 1.165) is 0 Å². The smallest absolute Gasteiger partial charge is 0.306 e. The standard InChI is InChI=1S/C12H19NO5/c1-4-18-11(15)6-9-10(14)5-7(2)12(9)8(3)13(16)17/h7-9,12H,4-6H2,1-3H3/t7-,8?,9+,12+/m1/s1. The van der Waals surface area contributed by atoms with Crippen molar-refractivity contribution < 1.29 is 19.2 Å². The summed E-state index contributed by atoms with van der Waals surface area (Å²) in [6.07, 6.45) is 0.271. The quantitative estimate of drug-likeness (QED) is 0.422. The van der Waals surface area contributed by atoms with Crippen LogP contribution in [0.2, 0.25) is 0 Å². The lowest BCUT2D eigenvalue weighted by molar-refractivity contribution is -0.530. The third-order valence-electron chi connectivity index (χ3n) is 3.64. The van der Waals surface area contributed by atoms with E-state index >= 15 is 0 Å². The van der Waals surface area contributed by atoms with Crippen LogP contribution in [0.15, 0.2) is 0 Å². The van der Waals surface area contributed by atoms with Crippen molar-refractivity contribution in [2.75, 3.05) is 6.61 Å². The Kier molecular flexibility index (Phi) is 4.81. The molecule has 0 aliphatic heterocycles. The zero-order valence-corrected chi connectivity index (χ0v) is 10.9. The molecule has 0 N–H and O–H groups in total. The average Bonchev–Trinajstić information content (AvgIpc) is 2.53. The number of hydrogen-bond donors (Lipinski definition) is 0. The second kappa shape index (κ2) is 5.93. The zero-order chi connectivity index (χ0) is 13.9. The van der Waals surface area contributed by atoms with Gasteiger partial charge in [0.2, 0.25) is 6.04 Å². The van der Waals surface area contributed by atoms with Crippen molar-refractivity contribution in [3.05, 3.63) is 10.1 Å². The van der Waals surface area contributed by atoms with Crippen molar-refractivity contribution in [2.24, 2.45) is 17.8 Å². The Morgan fingerprint density at radius 3 is 2.72 bits per heavy atom. The van der Waals surface area contributed by atoms with Crippen LogP contribution in [0.5, 0.6) is 0 Å². The maximum Gasteiger partial charge on any atom is 0.306 e. The van der Waals surface area contributed by atoms with Crippen LogP contribution in [-0.2, 0) is 14.3 Å². The molecule has 1 unspecified atom stereocenters. The fraction of sp³-hybridized carbons (Fsp3) is 0.833. The van der Waals surface area contributed by atoms with E-state index in [0.29, 0.717) is 6.42 Å². The van der Waals surface area contributed by atoms with Gasteiger partial charge in [-0.1, -0.05) is 6.92 Å². The number of carbonyl (C=O) groups is 2. The van der Waals surface area contributed by atoms with E-state index in [1.165, 1.54) is 6.92 Å². The van der Waals surface area contributed by atoms with Gasteiger partial charge >= 0.3 is 5.97 Å². The molecule has 0 radical (unpaired) electrons. The molecule has 0 aromatic heterocycles. The third kappa shape index (κ3) is 3.05. The summed E-state index contributed by atoms with van der Waals surface area (Å²) in [5, 5.41) is 10.9. The minimum Gasteiger partial charge on any atom is -0.466 e. The summed E-state index contributed by atoms with van der Waals surface area (Å²) in [7, 11) is 0. The summed E-state index contributed by atoms with van der Waals surface area (Å²) in [5.41, 5.74) is 0. The van der Waals surface area contributed by atoms with Gasteiger partial charge in [0.15, 0.2) is 0 Å². The summed E-state index contributed by atoms with van der Waals surface area (Å²) in [6, 6.07) is -0.814. The monoisotopic (exact) mass is 257 g/mol. The molecule has 4 atom stereocenters. The number of Topliss-reactive ketones (excluding diaryl/α,β-unsaturated/α-hetero) is 1. The van der Waals surface area contributed by atoms with Crippen molar-refractivity contribution in [1.29, 1.82) is 0 Å². The molecule has 1 rings (SSSR count). The predicted octanol–water partition coefficient (Wildman–Crippen LogP) is 1.45. The van der Waals surface area contributed by atoms with Crippen molar-refractivity contribution in [2.45, 2.75) is 39.7 Å². The van der Waals surface area contributed by atoms with Crippen LogP contribution < -0.4 is 0 Å². The van der Waals surface area contributed by atoms with Gasteiger partial charge in [0, 0.05) is 30.1 Å². The number of nitro groups is 1. The molecule has 0 bridgehead atoms. The lowest BCUT2D eigenvalue weighted by Crippen LogP contribution is -2.34. The van der Waals surface area contributed by atoms with E-state index in [-0.39, 0.29) is 35.6 Å². The van der Waals surface area contributed by atoms with E-state index < -0.39 is 17.9 Å². The Bertz CT molecular complexity index is 354. The molecule has 0 aromatic carbocycles. The largest absolute Gasteiger partial charge is 0.466 e. The normalized spacial score (nSPS) is 29.1. The van der Waals surface area contributed by atoms with Gasteiger partial charge in [-0.15, -0.1) is 0 Å². The number of carbonyl (C=O) groups excluding carboxylic acids is 2. The SMILES string of the molecule is CCOC(=O)C[C@H]1C(=O)C[C@@H](C)[C@H]1C(C)[N+](=O)[O-]. The van der Waals surface area contributed by atoms with Gasteiger partial charge in [-0.25, -0.2) is 0 Å². The van der Waals surface area contributed by atoms with Crippen molar-refractivity contribution in [3.8, 4) is 0 Å². The highest BCUT2D eigenvalue weighted by Gasteiger charge is 2.48. The molecule has 6 heteroatoms. The third-order valence-corrected chi connectivity index (χ3v) is 3.64. The molecule has 102 valence electrons. The molecule has 0 saturated heterocycles. The topological polar surface area (TPSA) is 86.5 Å². The number of esters is 1. The van der Waals surface area contributed by atoms with E-state index in [1.54, 1.807) is 6.92 Å². The first-order valence-electron chi connectivity index (χ1n) is 6.20. The lowest BCUT2D eigenvalue weighted by atomic mass is 9.83. The lowest BCUT2D eigenvalue weighted by Gasteiger charge is -2.21. The van der Waals surface area contributed by atoms with Gasteiger partial charge in [-0.05, 0) is 12.8 Å². The van der Waals surface area contributed by atoms with E-state index in [2.05, 4.69) is 0 Å². The van der Waals surface area contributed by atoms with E-state index in [9.17, 15) is 19.7 Å². The minimum atomic E-state index is -0.814. The molecule has 18 heavy (non-hydrogen) atoms. The molecule has 0 amide bonds. The minimum absolute atomic E-state index is 0.0418. The first-order chi connectivity index (χ1) is 8.38. The molecule has 1 fully saturated rings. The fourth-order valence-corrected chi connectivity index (χ4v) is 2.82. The van der Waals surface area contributed by atoms with Crippen molar-refractivity contribution in [1.82, 2.24) is 0 Å². The van der Waals surface area contributed by atoms with Crippen LogP contribution in [0, 0.1) is 27.9 Å². The fourth-order valence-electron chi connectivity index (χ4n) is 2.82. The molecule has 1 saturated carbocycles. The van der Waals surface area contributed by atoms with Gasteiger partial charge < -0.3 is 4.74 Å². The Hall–Kier alpha value is -1.46. The van der Waals surface area contributed by atoms with E-state index in [1.807, 2.05) is 6.92 Å². The summed E-state index contributed by atoms with van der Waals surface area (Å²) in [6.45, 7) is 5.27. The Morgan fingerprint density at radius 1 is 1.61 bits per heavy atom. The van der Waals surface area contributed by atoms with Gasteiger partial charge in [0.25, 0.3) is 0 Å². The Balaban J connectivity index is 2.81. The molecule has 6 nitrogen and oxygen atoms in total. The molecule has 0 heterocycles. The highest BCUT2D eigenvalue weighted by atomic mass is 16.6.